The van der Waals surface area contributed by atoms with Crippen molar-refractivity contribution < 1.29 is 0 Å². The van der Waals surface area contributed by atoms with E-state index in [0.29, 0.717) is 11.2 Å². The first-order valence-corrected chi connectivity index (χ1v) is 7.93. The van der Waals surface area contributed by atoms with Crippen LogP contribution in [0.2, 0.25) is 0 Å². The van der Waals surface area contributed by atoms with Gasteiger partial charge in [0.25, 0.3) is 0 Å². The van der Waals surface area contributed by atoms with Gasteiger partial charge in [-0.2, -0.15) is 11.8 Å². The highest BCUT2D eigenvalue weighted by atomic mass is 79.9. The minimum Gasteiger partial charge on any atom is -0.369 e. The summed E-state index contributed by atoms with van der Waals surface area (Å²) < 4.78 is 1.08. The van der Waals surface area contributed by atoms with E-state index in [2.05, 4.69) is 44.9 Å². The predicted octanol–water partition coefficient (Wildman–Crippen LogP) is 2.85. The number of anilines is 1. The molecule has 96 valence electrons. The fraction of sp³-hybridized carbons (Fsp3) is 0.462. The summed E-state index contributed by atoms with van der Waals surface area (Å²) in [5, 5.41) is 0.677. The zero-order chi connectivity index (χ0) is 12.8. The average molecular weight is 326 g/mol. The van der Waals surface area contributed by atoms with Gasteiger partial charge >= 0.3 is 0 Å². The van der Waals surface area contributed by atoms with Crippen molar-refractivity contribution in [2.45, 2.75) is 24.1 Å². The molecule has 3 nitrogen and oxygen atoms in total. The highest BCUT2D eigenvalue weighted by Gasteiger charge is 2.48. The lowest BCUT2D eigenvalue weighted by Gasteiger charge is -2.36. The molecule has 0 aromatic heterocycles. The van der Waals surface area contributed by atoms with Gasteiger partial charge in [0.2, 0.25) is 0 Å². The van der Waals surface area contributed by atoms with E-state index in [1.165, 1.54) is 0 Å². The molecule has 1 saturated heterocycles. The second kappa shape index (κ2) is 4.46. The number of rotatable bonds is 1. The molecule has 3 rings (SSSR count). The Balaban J connectivity index is 2.03. The zero-order valence-corrected chi connectivity index (χ0v) is 12.7. The molecule has 0 saturated carbocycles. The highest BCUT2D eigenvalue weighted by molar-refractivity contribution is 9.10. The third-order valence-corrected chi connectivity index (χ3v) is 5.75. The van der Waals surface area contributed by atoms with Crippen LogP contribution in [0, 0.1) is 0 Å². The molecule has 2 N–H and O–H groups in total. The normalized spacial score (nSPS) is 31.1. The van der Waals surface area contributed by atoms with Crippen molar-refractivity contribution in [2.75, 3.05) is 17.2 Å². The Hall–Kier alpha value is -0.680. The molecule has 18 heavy (non-hydrogen) atoms. The first-order valence-electron chi connectivity index (χ1n) is 6.09. The molecular weight excluding hydrogens is 310 g/mol. The number of hydrogen-bond donors (Lipinski definition) is 1. The van der Waals surface area contributed by atoms with E-state index in [-0.39, 0.29) is 5.54 Å². The van der Waals surface area contributed by atoms with E-state index >= 15 is 0 Å². The Kier molecular flexibility index (Phi) is 3.06. The standard InChI is InChI=1S/C13H16BrN3S/c1-9-6-13(8-18-9)7-16-12(15)17(13)11-5-3-2-4-10(11)14/h2-5,9H,6-8H2,1H3,(H2,15,16). The van der Waals surface area contributed by atoms with Crippen LogP contribution in [0.4, 0.5) is 5.69 Å². The molecule has 0 aliphatic carbocycles. The molecule has 0 bridgehead atoms. The molecule has 2 heterocycles. The van der Waals surface area contributed by atoms with Crippen LogP contribution < -0.4 is 10.6 Å². The largest absolute Gasteiger partial charge is 0.369 e. The predicted molar refractivity (Wildman–Crippen MR) is 82.4 cm³/mol. The Bertz CT molecular complexity index is 505. The van der Waals surface area contributed by atoms with Gasteiger partial charge in [0.15, 0.2) is 5.96 Å². The number of benzene rings is 1. The average Bonchev–Trinajstić information content (AvgIpc) is 2.86. The van der Waals surface area contributed by atoms with E-state index in [1.807, 2.05) is 23.9 Å². The monoisotopic (exact) mass is 325 g/mol. The summed E-state index contributed by atoms with van der Waals surface area (Å²) in [4.78, 5) is 6.72. The lowest BCUT2D eigenvalue weighted by Crippen LogP contribution is -2.52. The Morgan fingerprint density at radius 3 is 2.94 bits per heavy atom. The number of hydrogen-bond acceptors (Lipinski definition) is 4. The first kappa shape index (κ1) is 12.4. The molecule has 2 aliphatic rings. The lowest BCUT2D eigenvalue weighted by atomic mass is 9.94. The molecule has 1 spiro atoms. The van der Waals surface area contributed by atoms with Gasteiger partial charge in [-0.1, -0.05) is 19.1 Å². The maximum absolute atomic E-state index is 6.13. The Labute approximate surface area is 120 Å². The van der Waals surface area contributed by atoms with E-state index in [1.54, 1.807) is 0 Å². The van der Waals surface area contributed by atoms with Gasteiger partial charge < -0.3 is 10.6 Å². The zero-order valence-electron chi connectivity index (χ0n) is 10.3. The summed E-state index contributed by atoms with van der Waals surface area (Å²) in [5.41, 5.74) is 7.34. The summed E-state index contributed by atoms with van der Waals surface area (Å²) in [6, 6.07) is 8.23. The number of nitrogens with zero attached hydrogens (tertiary/aromatic N) is 2. The minimum absolute atomic E-state index is 0.0814. The van der Waals surface area contributed by atoms with Crippen molar-refractivity contribution in [1.29, 1.82) is 0 Å². The molecular formula is C13H16BrN3S. The van der Waals surface area contributed by atoms with Gasteiger partial charge in [-0.3, -0.25) is 4.99 Å². The summed E-state index contributed by atoms with van der Waals surface area (Å²) in [7, 11) is 0. The minimum atomic E-state index is 0.0814. The van der Waals surface area contributed by atoms with Crippen molar-refractivity contribution in [2.24, 2.45) is 10.7 Å². The summed E-state index contributed by atoms with van der Waals surface area (Å²) >= 11 is 5.63. The summed E-state index contributed by atoms with van der Waals surface area (Å²) in [6.07, 6.45) is 1.14. The number of nitrogens with two attached hydrogens (primary N) is 1. The third-order valence-electron chi connectivity index (χ3n) is 3.64. The van der Waals surface area contributed by atoms with E-state index in [9.17, 15) is 0 Å². The van der Waals surface area contributed by atoms with E-state index in [0.717, 1.165) is 28.9 Å². The SMILES string of the molecule is CC1CC2(CN=C(N)N2c2ccccc2Br)CS1. The van der Waals surface area contributed by atoms with Gasteiger partial charge in [-0.05, 0) is 34.5 Å². The molecule has 1 fully saturated rings. The number of halogens is 1. The van der Waals surface area contributed by atoms with Crippen LogP contribution in [0.3, 0.4) is 0 Å². The van der Waals surface area contributed by atoms with Crippen molar-refractivity contribution in [1.82, 2.24) is 0 Å². The van der Waals surface area contributed by atoms with Crippen LogP contribution in [0.5, 0.6) is 0 Å². The Morgan fingerprint density at radius 2 is 2.28 bits per heavy atom. The van der Waals surface area contributed by atoms with Crippen LogP contribution in [0.15, 0.2) is 33.7 Å². The first-order chi connectivity index (χ1) is 8.62. The molecule has 0 radical (unpaired) electrons. The number of thioether (sulfide) groups is 1. The van der Waals surface area contributed by atoms with Crippen LogP contribution in [0.25, 0.3) is 0 Å². The Morgan fingerprint density at radius 1 is 1.50 bits per heavy atom. The van der Waals surface area contributed by atoms with Crippen LogP contribution in [0.1, 0.15) is 13.3 Å². The quantitative estimate of drug-likeness (QED) is 0.863. The smallest absolute Gasteiger partial charge is 0.196 e. The van der Waals surface area contributed by atoms with E-state index < -0.39 is 0 Å². The molecule has 2 atom stereocenters. The van der Waals surface area contributed by atoms with Crippen LogP contribution in [-0.2, 0) is 0 Å². The highest BCUT2D eigenvalue weighted by Crippen LogP contribution is 2.44. The molecule has 2 unspecified atom stereocenters. The second-order valence-electron chi connectivity index (χ2n) is 5.01. The van der Waals surface area contributed by atoms with E-state index in [4.69, 9.17) is 5.73 Å². The molecule has 1 aromatic carbocycles. The second-order valence-corrected chi connectivity index (χ2v) is 7.29. The van der Waals surface area contributed by atoms with Gasteiger partial charge in [-0.15, -0.1) is 0 Å². The number of guanidine groups is 1. The van der Waals surface area contributed by atoms with Gasteiger partial charge in [-0.25, -0.2) is 0 Å². The maximum atomic E-state index is 6.13. The maximum Gasteiger partial charge on any atom is 0.196 e. The topological polar surface area (TPSA) is 41.6 Å². The number of aliphatic imine (C=N–C) groups is 1. The molecule has 1 aromatic rings. The summed E-state index contributed by atoms with van der Waals surface area (Å²) in [6.45, 7) is 3.10. The van der Waals surface area contributed by atoms with Crippen molar-refractivity contribution in [3.05, 3.63) is 28.7 Å². The summed E-state index contributed by atoms with van der Waals surface area (Å²) in [5.74, 6) is 1.75. The lowest BCUT2D eigenvalue weighted by molar-refractivity contribution is 0.493. The van der Waals surface area contributed by atoms with Gasteiger partial charge in [0, 0.05) is 15.5 Å². The van der Waals surface area contributed by atoms with Gasteiger partial charge in [0.05, 0.1) is 17.8 Å². The van der Waals surface area contributed by atoms with Crippen LogP contribution in [-0.4, -0.2) is 29.0 Å². The molecule has 2 aliphatic heterocycles. The van der Waals surface area contributed by atoms with Crippen molar-refractivity contribution in [3.63, 3.8) is 0 Å². The molecule has 0 amide bonds. The van der Waals surface area contributed by atoms with Crippen LogP contribution >= 0.6 is 27.7 Å². The third kappa shape index (κ3) is 1.84. The fourth-order valence-electron chi connectivity index (χ4n) is 2.84. The number of para-hydroxylation sites is 1. The van der Waals surface area contributed by atoms with Gasteiger partial charge in [0.1, 0.15) is 0 Å². The van der Waals surface area contributed by atoms with Crippen molar-refractivity contribution >= 4 is 39.3 Å². The fourth-order valence-corrected chi connectivity index (χ4v) is 4.66. The van der Waals surface area contributed by atoms with Crippen molar-refractivity contribution in [3.8, 4) is 0 Å². The molecule has 5 heteroatoms.